The summed E-state index contributed by atoms with van der Waals surface area (Å²) in [6, 6.07) is 0. The van der Waals surface area contributed by atoms with Crippen molar-refractivity contribution in [3.63, 3.8) is 0 Å². The maximum absolute atomic E-state index is 11.8. The monoisotopic (exact) mass is 466 g/mol. The average Bonchev–Trinajstić information content (AvgIpc) is 3.46. The van der Waals surface area contributed by atoms with Gasteiger partial charge in [0.25, 0.3) is 0 Å². The molecule has 0 bridgehead atoms. The van der Waals surface area contributed by atoms with E-state index in [0.29, 0.717) is 18.9 Å². The Morgan fingerprint density at radius 1 is 1.09 bits per heavy atom. The van der Waals surface area contributed by atoms with Gasteiger partial charge in [0.05, 0.1) is 11.0 Å². The molecule has 2 saturated heterocycles. The van der Waals surface area contributed by atoms with Crippen LogP contribution in [0.5, 0.6) is 0 Å². The summed E-state index contributed by atoms with van der Waals surface area (Å²) in [5.74, 6) is -0.154. The number of rotatable bonds is 0. The zero-order valence-electron chi connectivity index (χ0n) is 20.2. The topological polar surface area (TPSA) is 57.2 Å². The summed E-state index contributed by atoms with van der Waals surface area (Å²) in [4.78, 5) is -0.705. The van der Waals surface area contributed by atoms with Gasteiger partial charge in [0.2, 0.25) is 5.79 Å². The van der Waals surface area contributed by atoms with Crippen LogP contribution in [0.15, 0.2) is 23.8 Å². The molecule has 4 aliphatic carbocycles. The van der Waals surface area contributed by atoms with Crippen molar-refractivity contribution in [1.29, 1.82) is 0 Å². The lowest BCUT2D eigenvalue weighted by Crippen LogP contribution is -2.71. The van der Waals surface area contributed by atoms with E-state index >= 15 is 0 Å². The third-order valence-electron chi connectivity index (χ3n) is 10.0. The van der Waals surface area contributed by atoms with Crippen molar-refractivity contribution >= 4 is 11.6 Å². The van der Waals surface area contributed by atoms with E-state index in [2.05, 4.69) is 39.0 Å². The lowest BCUT2D eigenvalue weighted by atomic mass is 9.45. The van der Waals surface area contributed by atoms with Crippen molar-refractivity contribution in [2.75, 3.05) is 20.2 Å². The molecule has 0 aromatic rings. The first-order chi connectivity index (χ1) is 15.3. The van der Waals surface area contributed by atoms with E-state index in [-0.39, 0.29) is 36.3 Å². The normalized spacial score (nSPS) is 55.8. The minimum absolute atomic E-state index is 0.197. The van der Waals surface area contributed by atoms with Crippen LogP contribution in [0.25, 0.3) is 0 Å². The Labute approximate surface area is 197 Å². The highest BCUT2D eigenvalue weighted by Crippen LogP contribution is 2.74. The van der Waals surface area contributed by atoms with Gasteiger partial charge in [0, 0.05) is 10.8 Å². The molecule has 5 fully saturated rings. The number of hydrogen-bond acceptors (Lipinski definition) is 5. The van der Waals surface area contributed by atoms with Gasteiger partial charge in [-0.1, -0.05) is 58.4 Å². The average molecular weight is 467 g/mol. The number of aliphatic hydroxyl groups is 1. The van der Waals surface area contributed by atoms with Gasteiger partial charge in [0.15, 0.2) is 13.6 Å². The van der Waals surface area contributed by atoms with Gasteiger partial charge < -0.3 is 24.1 Å². The van der Waals surface area contributed by atoms with Crippen LogP contribution >= 0.6 is 11.6 Å². The largest absolute Gasteiger partial charge is 0.391 e. The summed E-state index contributed by atoms with van der Waals surface area (Å²) in [5, 5.41) is 11.8. The highest BCUT2D eigenvalue weighted by molar-refractivity contribution is 6.26. The predicted molar refractivity (Wildman–Crippen MR) is 123 cm³/mol. The van der Waals surface area contributed by atoms with E-state index < -0.39 is 22.4 Å². The van der Waals surface area contributed by atoms with Gasteiger partial charge >= 0.3 is 0 Å². The number of allylic oxidation sites excluding steroid dienone is 4. The van der Waals surface area contributed by atoms with Crippen LogP contribution in [0.3, 0.4) is 0 Å². The Hall–Kier alpha value is -0.430. The maximum Gasteiger partial charge on any atom is 0.227 e. The first-order valence-corrected chi connectivity index (χ1v) is 12.9. The number of aliphatic hydroxyl groups excluding tert-OH is 1. The molecule has 2 aliphatic heterocycles. The van der Waals surface area contributed by atoms with Gasteiger partial charge in [-0.3, -0.25) is 0 Å². The third-order valence-corrected chi connectivity index (χ3v) is 11.0. The molecule has 0 amide bonds. The van der Waals surface area contributed by atoms with Crippen LogP contribution in [0.1, 0.15) is 66.7 Å². The molecule has 1 unspecified atom stereocenters. The van der Waals surface area contributed by atoms with Gasteiger partial charge in [-0.15, -0.1) is 11.6 Å². The molecule has 2 heterocycles. The number of ether oxygens (including phenoxy) is 4. The fraction of sp³-hybridized carbons (Fsp3) is 0.846. The lowest BCUT2D eigenvalue weighted by molar-refractivity contribution is -0.264. The third kappa shape index (κ3) is 2.43. The van der Waals surface area contributed by atoms with E-state index in [4.69, 9.17) is 30.5 Å². The van der Waals surface area contributed by atoms with Crippen LogP contribution < -0.4 is 0 Å². The number of halogens is 1. The summed E-state index contributed by atoms with van der Waals surface area (Å²) in [7, 11) is 0. The molecule has 2 spiro atoms. The summed E-state index contributed by atoms with van der Waals surface area (Å²) in [6.07, 6.45) is 10.7. The highest BCUT2D eigenvalue weighted by Gasteiger charge is 2.80. The highest BCUT2D eigenvalue weighted by atomic mass is 35.5. The lowest BCUT2D eigenvalue weighted by Gasteiger charge is -2.64. The van der Waals surface area contributed by atoms with Gasteiger partial charge in [-0.2, -0.15) is 0 Å². The SMILES string of the molecule is CC.C[C@@H]1C[C@H]2[C@@H]3CCC4=CCC=C[C@]4(C)[C@@]3(Cl)[C@@H](O)C[C@]2(C)[C@]12OCOC21COCO1. The minimum Gasteiger partial charge on any atom is -0.391 e. The molecule has 9 atom stereocenters. The summed E-state index contributed by atoms with van der Waals surface area (Å²) in [6.45, 7) is 11.6. The second-order valence-electron chi connectivity index (χ2n) is 10.9. The van der Waals surface area contributed by atoms with Crippen molar-refractivity contribution < 1.29 is 24.1 Å². The molecule has 180 valence electrons. The summed E-state index contributed by atoms with van der Waals surface area (Å²) in [5.41, 5.74) is 0.131. The second kappa shape index (κ2) is 7.53. The van der Waals surface area contributed by atoms with Crippen LogP contribution in [0.2, 0.25) is 0 Å². The van der Waals surface area contributed by atoms with Crippen LogP contribution in [-0.2, 0) is 18.9 Å². The van der Waals surface area contributed by atoms with E-state index in [0.717, 1.165) is 25.7 Å². The minimum atomic E-state index is -0.893. The van der Waals surface area contributed by atoms with E-state index in [9.17, 15) is 5.11 Å². The summed E-state index contributed by atoms with van der Waals surface area (Å²) < 4.78 is 24.4. The van der Waals surface area contributed by atoms with Crippen LogP contribution in [0.4, 0.5) is 0 Å². The van der Waals surface area contributed by atoms with Crippen LogP contribution in [-0.4, -0.2) is 47.7 Å². The van der Waals surface area contributed by atoms with E-state index in [1.54, 1.807) is 0 Å². The van der Waals surface area contributed by atoms with Crippen molar-refractivity contribution in [2.24, 2.45) is 28.6 Å². The van der Waals surface area contributed by atoms with Crippen molar-refractivity contribution in [3.05, 3.63) is 23.8 Å². The molecule has 6 heteroatoms. The number of hydrogen-bond donors (Lipinski definition) is 1. The molecule has 5 nitrogen and oxygen atoms in total. The standard InChI is InChI=1S/C24H33ClO5.C2H6/c1-15-10-18-17-8-7-16-6-4-5-9-20(16,2)23(17,25)19(26)11-21(18,3)24(15)22(29-14-30-24)12-27-13-28-22;1-2/h5-6,9,15,17-19,26H,4,7-8,10-14H2,1-3H3;1-2H3/t15-,17+,18+,19+,20+,21+,22?,23+,24-;/m1./s1. The van der Waals surface area contributed by atoms with E-state index in [1.807, 2.05) is 13.8 Å². The number of alkyl halides is 1. The second-order valence-corrected chi connectivity index (χ2v) is 11.5. The Balaban J connectivity index is 0.00000105. The Morgan fingerprint density at radius 2 is 1.84 bits per heavy atom. The Bertz CT molecular complexity index is 816. The van der Waals surface area contributed by atoms with Crippen molar-refractivity contribution in [2.45, 2.75) is 89.1 Å². The smallest absolute Gasteiger partial charge is 0.227 e. The number of fused-ring (bicyclic) bond motifs is 7. The molecule has 0 radical (unpaired) electrons. The first kappa shape index (κ1) is 23.3. The molecule has 3 saturated carbocycles. The fourth-order valence-corrected chi connectivity index (χ4v) is 9.40. The van der Waals surface area contributed by atoms with Gasteiger partial charge in [-0.25, -0.2) is 0 Å². The zero-order chi connectivity index (χ0) is 23.0. The molecule has 0 aromatic carbocycles. The molecular weight excluding hydrogens is 428 g/mol. The Kier molecular flexibility index (Phi) is 5.49. The molecule has 0 aromatic heterocycles. The molecule has 6 aliphatic rings. The van der Waals surface area contributed by atoms with Crippen molar-refractivity contribution in [3.8, 4) is 0 Å². The molecule has 1 N–H and O–H groups in total. The molecule has 6 rings (SSSR count). The quantitative estimate of drug-likeness (QED) is 0.394. The maximum atomic E-state index is 11.8. The fourth-order valence-electron chi connectivity index (χ4n) is 8.87. The molecule has 32 heavy (non-hydrogen) atoms. The molecular formula is C26H39ClO5. The van der Waals surface area contributed by atoms with E-state index in [1.165, 1.54) is 5.57 Å². The first-order valence-electron chi connectivity index (χ1n) is 12.5. The predicted octanol–water partition coefficient (Wildman–Crippen LogP) is 5.16. The van der Waals surface area contributed by atoms with Gasteiger partial charge in [-0.05, 0) is 49.9 Å². The zero-order valence-corrected chi connectivity index (χ0v) is 20.9. The Morgan fingerprint density at radius 3 is 2.56 bits per heavy atom. The summed E-state index contributed by atoms with van der Waals surface area (Å²) >= 11 is 7.59. The van der Waals surface area contributed by atoms with Gasteiger partial charge in [0.1, 0.15) is 12.2 Å². The van der Waals surface area contributed by atoms with Crippen molar-refractivity contribution in [1.82, 2.24) is 0 Å². The van der Waals surface area contributed by atoms with Crippen LogP contribution in [0, 0.1) is 28.6 Å².